The lowest BCUT2D eigenvalue weighted by molar-refractivity contribution is -0.117. The molecule has 0 radical (unpaired) electrons. The van der Waals surface area contributed by atoms with Gasteiger partial charge in [-0.3, -0.25) is 4.79 Å². The second-order valence-corrected chi connectivity index (χ2v) is 7.57. The highest BCUT2D eigenvalue weighted by molar-refractivity contribution is 7.11. The van der Waals surface area contributed by atoms with Gasteiger partial charge in [-0.25, -0.2) is 9.98 Å². The quantitative estimate of drug-likeness (QED) is 0.567. The number of aryl methyl sites for hydroxylation is 1. The van der Waals surface area contributed by atoms with Crippen molar-refractivity contribution in [3.63, 3.8) is 0 Å². The summed E-state index contributed by atoms with van der Waals surface area (Å²) in [6.45, 7) is 6.53. The summed E-state index contributed by atoms with van der Waals surface area (Å²) < 4.78 is 0. The summed E-state index contributed by atoms with van der Waals surface area (Å²) in [5.74, 6) is 0.704. The molecule has 0 saturated carbocycles. The molecule has 144 valence electrons. The van der Waals surface area contributed by atoms with Crippen LogP contribution < -0.4 is 15.5 Å². The minimum atomic E-state index is 0.0321. The molecular formula is C20H27N5OS. The average Bonchev–Trinajstić information content (AvgIpc) is 3.32. The fourth-order valence-corrected chi connectivity index (χ4v) is 3.95. The van der Waals surface area contributed by atoms with Crippen LogP contribution in [0.25, 0.3) is 0 Å². The number of fused-ring (bicyclic) bond motifs is 1. The normalized spacial score (nSPS) is 13.6. The van der Waals surface area contributed by atoms with E-state index in [4.69, 9.17) is 0 Å². The summed E-state index contributed by atoms with van der Waals surface area (Å²) in [5.41, 5.74) is 2.25. The molecule has 2 heterocycles. The number of para-hydroxylation sites is 1. The standard InChI is InChI=1S/C20H27N5OS/c1-3-16-13-23-18(27-16)9-11-22-20(21-4-2)24-14-19(26)25-12-10-15-7-5-6-8-17(15)25/h5-8,13H,3-4,9-12,14H2,1-2H3,(H2,21,22,24). The number of carbonyl (C=O) groups is 1. The zero-order valence-electron chi connectivity index (χ0n) is 16.0. The van der Waals surface area contributed by atoms with Gasteiger partial charge in [-0.05, 0) is 31.4 Å². The van der Waals surface area contributed by atoms with Crippen LogP contribution in [0.3, 0.4) is 0 Å². The largest absolute Gasteiger partial charge is 0.357 e. The number of hydrogen-bond donors (Lipinski definition) is 2. The minimum Gasteiger partial charge on any atom is -0.357 e. The maximum atomic E-state index is 12.6. The number of hydrogen-bond acceptors (Lipinski definition) is 4. The molecule has 27 heavy (non-hydrogen) atoms. The summed E-state index contributed by atoms with van der Waals surface area (Å²) in [5, 5.41) is 7.62. The first-order chi connectivity index (χ1) is 13.2. The smallest absolute Gasteiger partial charge is 0.248 e. The van der Waals surface area contributed by atoms with Gasteiger partial charge in [0, 0.05) is 42.8 Å². The molecule has 0 atom stereocenters. The van der Waals surface area contributed by atoms with Crippen molar-refractivity contribution in [1.82, 2.24) is 15.6 Å². The fourth-order valence-electron chi connectivity index (χ4n) is 3.09. The zero-order chi connectivity index (χ0) is 19.1. The van der Waals surface area contributed by atoms with Crippen LogP contribution in [0.5, 0.6) is 0 Å². The summed E-state index contributed by atoms with van der Waals surface area (Å²) >= 11 is 1.75. The van der Waals surface area contributed by atoms with Crippen LogP contribution in [-0.2, 0) is 24.1 Å². The van der Waals surface area contributed by atoms with E-state index in [0.29, 0.717) is 5.96 Å². The topological polar surface area (TPSA) is 69.6 Å². The van der Waals surface area contributed by atoms with E-state index in [1.807, 2.05) is 36.2 Å². The molecular weight excluding hydrogens is 358 g/mol. The van der Waals surface area contributed by atoms with Gasteiger partial charge in [-0.1, -0.05) is 25.1 Å². The monoisotopic (exact) mass is 385 g/mol. The van der Waals surface area contributed by atoms with E-state index in [1.54, 1.807) is 11.3 Å². The van der Waals surface area contributed by atoms with Gasteiger partial charge in [0.2, 0.25) is 5.91 Å². The number of guanidine groups is 1. The molecule has 1 aromatic carbocycles. The Hall–Kier alpha value is -2.41. The van der Waals surface area contributed by atoms with Crippen molar-refractivity contribution in [2.24, 2.45) is 4.99 Å². The molecule has 6 nitrogen and oxygen atoms in total. The summed E-state index contributed by atoms with van der Waals surface area (Å²) in [7, 11) is 0. The van der Waals surface area contributed by atoms with Crippen molar-refractivity contribution < 1.29 is 4.79 Å². The van der Waals surface area contributed by atoms with Crippen molar-refractivity contribution in [3.8, 4) is 0 Å². The molecule has 1 aliphatic heterocycles. The third-order valence-corrected chi connectivity index (χ3v) is 5.69. The third kappa shape index (κ3) is 5.07. The molecule has 0 fully saturated rings. The minimum absolute atomic E-state index is 0.0321. The van der Waals surface area contributed by atoms with E-state index in [2.05, 4.69) is 33.6 Å². The van der Waals surface area contributed by atoms with Crippen LogP contribution in [0.1, 0.15) is 29.3 Å². The Balaban J connectivity index is 1.53. The van der Waals surface area contributed by atoms with Gasteiger partial charge < -0.3 is 15.5 Å². The summed E-state index contributed by atoms with van der Waals surface area (Å²) in [6.07, 6.45) is 4.74. The van der Waals surface area contributed by atoms with Crippen LogP contribution in [0, 0.1) is 0 Å². The molecule has 0 saturated heterocycles. The number of nitrogens with zero attached hydrogens (tertiary/aromatic N) is 3. The lowest BCUT2D eigenvalue weighted by atomic mass is 10.2. The molecule has 2 aromatic rings. The van der Waals surface area contributed by atoms with Gasteiger partial charge in [0.05, 0.1) is 5.01 Å². The molecule has 3 rings (SSSR count). The maximum absolute atomic E-state index is 12.6. The molecule has 1 aliphatic rings. The van der Waals surface area contributed by atoms with Crippen molar-refractivity contribution in [2.75, 3.05) is 31.1 Å². The van der Waals surface area contributed by atoms with Gasteiger partial charge in [-0.15, -0.1) is 11.3 Å². The number of nitrogens with one attached hydrogen (secondary N) is 2. The molecule has 1 aromatic heterocycles. The number of carbonyl (C=O) groups excluding carboxylic acids is 1. The molecule has 2 N–H and O–H groups in total. The molecule has 0 aliphatic carbocycles. The number of aliphatic imine (C=N–C) groups is 1. The predicted octanol–water partition coefficient (Wildman–Crippen LogP) is 2.39. The Labute approximate surface area is 164 Å². The van der Waals surface area contributed by atoms with Crippen molar-refractivity contribution in [3.05, 3.63) is 45.9 Å². The van der Waals surface area contributed by atoms with Crippen LogP contribution in [-0.4, -0.2) is 43.0 Å². The first-order valence-corrected chi connectivity index (χ1v) is 10.4. The Kier molecular flexibility index (Phi) is 6.81. The SMILES string of the molecule is CCNC(=NCC(=O)N1CCc2ccccc21)NCCc1ncc(CC)s1. The maximum Gasteiger partial charge on any atom is 0.248 e. The van der Waals surface area contributed by atoms with Crippen molar-refractivity contribution in [2.45, 2.75) is 33.1 Å². The zero-order valence-corrected chi connectivity index (χ0v) is 16.8. The average molecular weight is 386 g/mol. The van der Waals surface area contributed by atoms with Gasteiger partial charge in [0.1, 0.15) is 6.54 Å². The van der Waals surface area contributed by atoms with Crippen LogP contribution in [0.2, 0.25) is 0 Å². The molecule has 0 spiro atoms. The third-order valence-electron chi connectivity index (χ3n) is 4.49. The Bertz CT molecular complexity index is 801. The Morgan fingerprint density at radius 2 is 2.15 bits per heavy atom. The first kappa shape index (κ1) is 19.4. The van der Waals surface area contributed by atoms with Crippen LogP contribution in [0.4, 0.5) is 5.69 Å². The predicted molar refractivity (Wildman–Crippen MR) is 112 cm³/mol. The van der Waals surface area contributed by atoms with Crippen LogP contribution >= 0.6 is 11.3 Å². The number of thiazole rings is 1. The molecule has 0 bridgehead atoms. The molecule has 0 unspecified atom stereocenters. The number of rotatable bonds is 7. The van der Waals surface area contributed by atoms with Gasteiger partial charge in [-0.2, -0.15) is 0 Å². The highest BCUT2D eigenvalue weighted by Crippen LogP contribution is 2.27. The highest BCUT2D eigenvalue weighted by Gasteiger charge is 2.23. The van der Waals surface area contributed by atoms with Gasteiger partial charge in [0.15, 0.2) is 5.96 Å². The van der Waals surface area contributed by atoms with E-state index >= 15 is 0 Å². The van der Waals surface area contributed by atoms with E-state index < -0.39 is 0 Å². The second-order valence-electron chi connectivity index (χ2n) is 6.37. The van der Waals surface area contributed by atoms with E-state index in [-0.39, 0.29) is 12.5 Å². The van der Waals surface area contributed by atoms with Gasteiger partial charge in [0.25, 0.3) is 0 Å². The summed E-state index contributed by atoms with van der Waals surface area (Å²) in [4.78, 5) is 24.7. The lowest BCUT2D eigenvalue weighted by Gasteiger charge is -2.17. The number of aromatic nitrogens is 1. The van der Waals surface area contributed by atoms with E-state index in [0.717, 1.165) is 49.6 Å². The van der Waals surface area contributed by atoms with Crippen molar-refractivity contribution in [1.29, 1.82) is 0 Å². The van der Waals surface area contributed by atoms with Gasteiger partial charge >= 0.3 is 0 Å². The number of anilines is 1. The fraction of sp³-hybridized carbons (Fsp3) is 0.450. The number of amides is 1. The van der Waals surface area contributed by atoms with E-state index in [9.17, 15) is 4.79 Å². The van der Waals surface area contributed by atoms with E-state index in [1.165, 1.54) is 10.4 Å². The molecule has 7 heteroatoms. The Morgan fingerprint density at radius 3 is 2.93 bits per heavy atom. The van der Waals surface area contributed by atoms with Crippen LogP contribution in [0.15, 0.2) is 35.5 Å². The number of benzene rings is 1. The Morgan fingerprint density at radius 1 is 1.30 bits per heavy atom. The van der Waals surface area contributed by atoms with Crippen molar-refractivity contribution >= 4 is 28.9 Å². The first-order valence-electron chi connectivity index (χ1n) is 9.55. The highest BCUT2D eigenvalue weighted by atomic mass is 32.1. The lowest BCUT2D eigenvalue weighted by Crippen LogP contribution is -2.39. The second kappa shape index (κ2) is 9.50. The molecule has 1 amide bonds. The summed E-state index contributed by atoms with van der Waals surface area (Å²) in [6, 6.07) is 8.08.